The number of piperazine rings is 1. The van der Waals surface area contributed by atoms with Crippen LogP contribution in [0.15, 0.2) is 18.5 Å². The molecule has 1 saturated heterocycles. The van der Waals surface area contributed by atoms with Crippen molar-refractivity contribution in [3.63, 3.8) is 0 Å². The molecule has 24 heavy (non-hydrogen) atoms. The van der Waals surface area contributed by atoms with E-state index >= 15 is 0 Å². The number of aromatic nitrogens is 4. The van der Waals surface area contributed by atoms with E-state index in [4.69, 9.17) is 23.2 Å². The van der Waals surface area contributed by atoms with E-state index < -0.39 is 0 Å². The van der Waals surface area contributed by atoms with Crippen molar-refractivity contribution >= 4 is 29.2 Å². The zero-order valence-electron chi connectivity index (χ0n) is 13.8. The molecule has 3 rings (SSSR count). The summed E-state index contributed by atoms with van der Waals surface area (Å²) in [6.07, 6.45) is 5.79. The van der Waals surface area contributed by atoms with E-state index in [2.05, 4.69) is 24.8 Å². The van der Waals surface area contributed by atoms with Crippen molar-refractivity contribution in [2.45, 2.75) is 26.3 Å². The topological polar surface area (TPSA) is 50.1 Å². The lowest BCUT2D eigenvalue weighted by atomic mass is 10.2. The van der Waals surface area contributed by atoms with Crippen molar-refractivity contribution in [3.8, 4) is 0 Å². The molecule has 0 amide bonds. The van der Waals surface area contributed by atoms with Crippen molar-refractivity contribution in [2.24, 2.45) is 0 Å². The zero-order valence-corrected chi connectivity index (χ0v) is 15.3. The number of halogens is 2. The molecule has 0 N–H and O–H groups in total. The molecule has 0 bridgehead atoms. The van der Waals surface area contributed by atoms with E-state index in [1.807, 2.05) is 17.6 Å². The highest BCUT2D eigenvalue weighted by atomic mass is 35.5. The largest absolute Gasteiger partial charge is 0.338 e. The van der Waals surface area contributed by atoms with Gasteiger partial charge in [0.1, 0.15) is 11.0 Å². The number of unbranched alkanes of at least 4 members (excludes halogenated alkanes) is 1. The first kappa shape index (κ1) is 17.5. The van der Waals surface area contributed by atoms with Crippen LogP contribution in [-0.2, 0) is 6.54 Å². The summed E-state index contributed by atoms with van der Waals surface area (Å²) in [7, 11) is 0. The van der Waals surface area contributed by atoms with Gasteiger partial charge in [-0.05, 0) is 32.4 Å². The Morgan fingerprint density at radius 1 is 1.00 bits per heavy atom. The lowest BCUT2D eigenvalue weighted by Crippen LogP contribution is -2.47. The Kier molecular flexibility index (Phi) is 5.92. The van der Waals surface area contributed by atoms with Gasteiger partial charge in [0.2, 0.25) is 5.95 Å². The fraction of sp³-hybridized carbons (Fsp3) is 0.562. The lowest BCUT2D eigenvalue weighted by molar-refractivity contribution is 0.250. The monoisotopic (exact) mass is 368 g/mol. The fourth-order valence-corrected chi connectivity index (χ4v) is 3.47. The molecule has 6 nitrogen and oxygen atoms in total. The summed E-state index contributed by atoms with van der Waals surface area (Å²) in [6, 6.07) is 1.85. The van der Waals surface area contributed by atoms with Gasteiger partial charge in [-0.15, -0.1) is 0 Å². The number of rotatable bonds is 6. The summed E-state index contributed by atoms with van der Waals surface area (Å²) in [4.78, 5) is 17.6. The van der Waals surface area contributed by atoms with Crippen LogP contribution in [0, 0.1) is 6.92 Å². The molecule has 2 aromatic rings. The molecule has 0 spiro atoms. The van der Waals surface area contributed by atoms with Crippen molar-refractivity contribution in [2.75, 3.05) is 37.6 Å². The van der Waals surface area contributed by atoms with E-state index in [0.717, 1.165) is 63.9 Å². The molecule has 1 aliphatic heterocycles. The van der Waals surface area contributed by atoms with Crippen molar-refractivity contribution in [1.29, 1.82) is 0 Å². The van der Waals surface area contributed by atoms with E-state index in [0.29, 0.717) is 10.3 Å². The minimum Gasteiger partial charge on any atom is -0.338 e. The van der Waals surface area contributed by atoms with Gasteiger partial charge in [-0.3, -0.25) is 4.90 Å². The Bertz CT molecular complexity index is 652. The van der Waals surface area contributed by atoms with E-state index in [1.54, 1.807) is 12.4 Å². The van der Waals surface area contributed by atoms with Crippen LogP contribution < -0.4 is 4.90 Å². The van der Waals surface area contributed by atoms with Crippen LogP contribution in [0.5, 0.6) is 0 Å². The predicted octanol–water partition coefficient (Wildman–Crippen LogP) is 2.89. The maximum atomic E-state index is 6.16. The average molecular weight is 369 g/mol. The van der Waals surface area contributed by atoms with E-state index in [-0.39, 0.29) is 0 Å². The minimum atomic E-state index is 0.397. The number of anilines is 1. The molecular formula is C16H22Cl2N6. The number of aryl methyl sites for hydroxylation is 1. The van der Waals surface area contributed by atoms with Crippen molar-refractivity contribution in [3.05, 3.63) is 34.6 Å². The minimum absolute atomic E-state index is 0.397. The Morgan fingerprint density at radius 3 is 2.29 bits per heavy atom. The van der Waals surface area contributed by atoms with Crippen LogP contribution in [0.2, 0.25) is 10.3 Å². The molecule has 0 radical (unpaired) electrons. The third-order valence-corrected chi connectivity index (χ3v) is 5.11. The molecule has 3 heterocycles. The summed E-state index contributed by atoms with van der Waals surface area (Å²) in [6.45, 7) is 7.95. The molecule has 0 atom stereocenters. The molecule has 0 aromatic carbocycles. The van der Waals surface area contributed by atoms with Gasteiger partial charge in [-0.25, -0.2) is 15.0 Å². The van der Waals surface area contributed by atoms with Crippen LogP contribution in [0.3, 0.4) is 0 Å². The Balaban J connectivity index is 1.38. The van der Waals surface area contributed by atoms with E-state index in [1.165, 1.54) is 0 Å². The van der Waals surface area contributed by atoms with E-state index in [9.17, 15) is 0 Å². The zero-order chi connectivity index (χ0) is 16.9. The molecule has 2 aromatic heterocycles. The van der Waals surface area contributed by atoms with Gasteiger partial charge in [0, 0.05) is 45.1 Å². The molecule has 1 aliphatic rings. The van der Waals surface area contributed by atoms with Gasteiger partial charge in [-0.1, -0.05) is 23.2 Å². The highest BCUT2D eigenvalue weighted by Gasteiger charge is 2.18. The summed E-state index contributed by atoms with van der Waals surface area (Å²) < 4.78 is 1.98. The van der Waals surface area contributed by atoms with Crippen LogP contribution in [0.25, 0.3) is 0 Å². The number of nitrogens with zero attached hydrogens (tertiary/aromatic N) is 6. The maximum Gasteiger partial charge on any atom is 0.225 e. The third kappa shape index (κ3) is 4.18. The van der Waals surface area contributed by atoms with Crippen LogP contribution in [0.4, 0.5) is 5.95 Å². The smallest absolute Gasteiger partial charge is 0.225 e. The van der Waals surface area contributed by atoms with Crippen LogP contribution in [0.1, 0.15) is 18.7 Å². The van der Waals surface area contributed by atoms with Crippen LogP contribution >= 0.6 is 23.2 Å². The Hall–Kier alpha value is -1.37. The second kappa shape index (κ2) is 8.14. The van der Waals surface area contributed by atoms with Crippen molar-refractivity contribution in [1.82, 2.24) is 24.4 Å². The molecule has 130 valence electrons. The Labute approximate surface area is 152 Å². The first-order valence-corrected chi connectivity index (χ1v) is 9.03. The highest BCUT2D eigenvalue weighted by molar-refractivity contribution is 6.40. The van der Waals surface area contributed by atoms with Gasteiger partial charge in [0.05, 0.1) is 0 Å². The number of hydrogen-bond donors (Lipinski definition) is 0. The lowest BCUT2D eigenvalue weighted by Gasteiger charge is -2.34. The maximum absolute atomic E-state index is 6.16. The molecule has 8 heteroatoms. The first-order valence-electron chi connectivity index (χ1n) is 8.27. The fourth-order valence-electron chi connectivity index (χ4n) is 2.99. The SMILES string of the molecule is Cc1nc(Cl)c(Cl)n1CCCCN1CCN(c2ncccn2)CC1. The molecule has 0 saturated carbocycles. The van der Waals surface area contributed by atoms with Gasteiger partial charge < -0.3 is 9.47 Å². The van der Waals surface area contributed by atoms with Crippen LogP contribution in [-0.4, -0.2) is 57.1 Å². The molecule has 1 fully saturated rings. The summed E-state index contributed by atoms with van der Waals surface area (Å²) in [5, 5.41) is 0.944. The quantitative estimate of drug-likeness (QED) is 0.733. The average Bonchev–Trinajstić information content (AvgIpc) is 2.85. The van der Waals surface area contributed by atoms with Gasteiger partial charge >= 0.3 is 0 Å². The Morgan fingerprint density at radius 2 is 1.67 bits per heavy atom. The first-order chi connectivity index (χ1) is 11.6. The van der Waals surface area contributed by atoms with Crippen molar-refractivity contribution < 1.29 is 0 Å². The summed E-state index contributed by atoms with van der Waals surface area (Å²) in [5.41, 5.74) is 0. The predicted molar refractivity (Wildman–Crippen MR) is 96.9 cm³/mol. The number of hydrogen-bond acceptors (Lipinski definition) is 5. The third-order valence-electron chi connectivity index (χ3n) is 4.37. The molecule has 0 unspecified atom stereocenters. The van der Waals surface area contributed by atoms with Gasteiger partial charge in [-0.2, -0.15) is 0 Å². The number of imidazole rings is 1. The van der Waals surface area contributed by atoms with Gasteiger partial charge in [0.25, 0.3) is 0 Å². The second-order valence-corrected chi connectivity index (χ2v) is 6.69. The highest BCUT2D eigenvalue weighted by Crippen LogP contribution is 2.22. The second-order valence-electron chi connectivity index (χ2n) is 5.98. The standard InChI is InChI=1S/C16H22Cl2N6/c1-13-21-14(17)15(18)24(13)8-3-2-7-22-9-11-23(12-10-22)16-19-5-4-6-20-16/h4-6H,2-3,7-12H2,1H3. The molecule has 0 aliphatic carbocycles. The van der Waals surface area contributed by atoms with Gasteiger partial charge in [0.15, 0.2) is 5.15 Å². The normalized spacial score (nSPS) is 15.9. The molecular weight excluding hydrogens is 347 g/mol. The summed E-state index contributed by atoms with van der Waals surface area (Å²) in [5.74, 6) is 1.71. The summed E-state index contributed by atoms with van der Waals surface area (Å²) >= 11 is 12.1.